The number of hydrogen-bond acceptors (Lipinski definition) is 10. The molecular formula is C48H60BBrCl2N6O8. The number of nitrogens with zero attached hydrogens (tertiary/aromatic N) is 2. The van der Waals surface area contributed by atoms with Gasteiger partial charge in [-0.2, -0.15) is 0 Å². The maximum atomic E-state index is 11.9. The molecule has 1 aliphatic heterocycles. The van der Waals surface area contributed by atoms with Gasteiger partial charge in [-0.1, -0.05) is 63.4 Å². The average molecular weight is 1010 g/mol. The van der Waals surface area contributed by atoms with E-state index in [1.807, 2.05) is 124 Å². The van der Waals surface area contributed by atoms with Crippen LogP contribution < -0.4 is 26.7 Å². The number of aromatic nitrogens is 2. The lowest BCUT2D eigenvalue weighted by molar-refractivity contribution is -0.118. The zero-order valence-electron chi connectivity index (χ0n) is 39.2. The van der Waals surface area contributed by atoms with Gasteiger partial charge in [0.25, 0.3) is 0 Å². The van der Waals surface area contributed by atoms with Crippen LogP contribution in [0.1, 0.15) is 106 Å². The van der Waals surface area contributed by atoms with Crippen LogP contribution in [0.25, 0.3) is 11.1 Å². The van der Waals surface area contributed by atoms with E-state index in [9.17, 15) is 19.2 Å². The van der Waals surface area contributed by atoms with E-state index < -0.39 is 41.7 Å². The Morgan fingerprint density at radius 3 is 1.55 bits per heavy atom. The van der Waals surface area contributed by atoms with Crippen molar-refractivity contribution < 1.29 is 38.0 Å². The van der Waals surface area contributed by atoms with E-state index in [1.54, 1.807) is 18.5 Å². The van der Waals surface area contributed by atoms with E-state index in [1.165, 1.54) is 0 Å². The standard InChI is InChI=1S/C21H24ClN3O3.C18H27BClNO4.C9H9BrN2O/c1-21(2,3)28-20(27)24-12-16-7-6-14(10-17(16)22)15-8-9-23-18(11-15)25-19(26)13-4-5-13;1-16(2,3)23-15(22)21-11-12-8-9-13(10-14(12)20)19-24-17(4,5)18(6,7)25-19;10-7-3-4-11-8(5-7)12-9(13)6-1-2-6/h6-11,13H,4-5,12H2,1-3H3,(H,24,27)(H,23,25,26);8-10H,11H2,1-7H3,(H,21,22);3-6H,1-2H2,(H,11,12,13). The molecule has 18 heteroatoms. The van der Waals surface area contributed by atoms with Gasteiger partial charge in [0.05, 0.1) is 11.2 Å². The topological polar surface area (TPSA) is 179 Å². The Bertz CT molecular complexity index is 2370. The van der Waals surface area contributed by atoms with Crippen molar-refractivity contribution in [3.8, 4) is 11.1 Å². The number of pyridine rings is 2. The largest absolute Gasteiger partial charge is 0.494 e. The Balaban J connectivity index is 0.000000197. The molecule has 4 aromatic rings. The minimum Gasteiger partial charge on any atom is -0.444 e. The molecule has 66 heavy (non-hydrogen) atoms. The zero-order valence-corrected chi connectivity index (χ0v) is 42.3. The summed E-state index contributed by atoms with van der Waals surface area (Å²) in [6, 6.07) is 18.5. The molecule has 0 atom stereocenters. The highest BCUT2D eigenvalue weighted by Crippen LogP contribution is 2.37. The lowest BCUT2D eigenvalue weighted by Gasteiger charge is -2.32. The number of anilines is 2. The van der Waals surface area contributed by atoms with Gasteiger partial charge >= 0.3 is 19.3 Å². The molecular weight excluding hydrogens is 950 g/mol. The maximum Gasteiger partial charge on any atom is 0.494 e. The Morgan fingerprint density at radius 2 is 1.11 bits per heavy atom. The molecule has 2 saturated carbocycles. The highest BCUT2D eigenvalue weighted by molar-refractivity contribution is 9.10. The van der Waals surface area contributed by atoms with Crippen LogP contribution in [-0.4, -0.2) is 63.5 Å². The Morgan fingerprint density at radius 1 is 0.667 bits per heavy atom. The fraction of sp³-hybridized carbons (Fsp3) is 0.458. The van der Waals surface area contributed by atoms with Gasteiger partial charge < -0.3 is 40.0 Å². The number of hydrogen-bond donors (Lipinski definition) is 4. The van der Waals surface area contributed by atoms with Crippen molar-refractivity contribution in [1.82, 2.24) is 20.6 Å². The van der Waals surface area contributed by atoms with E-state index in [0.29, 0.717) is 21.7 Å². The summed E-state index contributed by atoms with van der Waals surface area (Å²) in [5, 5.41) is 12.1. The number of alkyl carbamates (subject to hydrolysis) is 2. The number of rotatable bonds is 10. The van der Waals surface area contributed by atoms with Crippen molar-refractivity contribution in [2.45, 2.75) is 130 Å². The number of nitrogens with one attached hydrogen (secondary N) is 4. The fourth-order valence-electron chi connectivity index (χ4n) is 5.97. The summed E-state index contributed by atoms with van der Waals surface area (Å²) >= 11 is 16.1. The van der Waals surface area contributed by atoms with Crippen LogP contribution in [0.2, 0.25) is 10.0 Å². The molecule has 0 spiro atoms. The third-order valence-electron chi connectivity index (χ3n) is 10.5. The van der Waals surface area contributed by atoms with Gasteiger partial charge in [0.15, 0.2) is 0 Å². The molecule has 2 aromatic carbocycles. The molecule has 0 radical (unpaired) electrons. The van der Waals surface area contributed by atoms with E-state index in [4.69, 9.17) is 42.0 Å². The van der Waals surface area contributed by atoms with Crippen molar-refractivity contribution in [2.24, 2.45) is 11.8 Å². The van der Waals surface area contributed by atoms with Gasteiger partial charge in [0.1, 0.15) is 22.8 Å². The highest BCUT2D eigenvalue weighted by atomic mass is 79.9. The van der Waals surface area contributed by atoms with E-state index in [0.717, 1.165) is 57.9 Å². The molecule has 7 rings (SSSR count). The van der Waals surface area contributed by atoms with Gasteiger partial charge in [-0.25, -0.2) is 19.6 Å². The first-order chi connectivity index (χ1) is 30.8. The molecule has 14 nitrogen and oxygen atoms in total. The van der Waals surface area contributed by atoms with Gasteiger partial charge in [0.2, 0.25) is 11.8 Å². The van der Waals surface area contributed by atoms with Crippen LogP contribution in [0.3, 0.4) is 0 Å². The summed E-state index contributed by atoms with van der Waals surface area (Å²) in [5.41, 5.74) is 2.34. The SMILES string of the molecule is CC(C)(C)OC(=O)NCc1ccc(-c2ccnc(NC(=O)C3CC3)c2)cc1Cl.CC(C)(C)OC(=O)NCc1ccc(B2OC(C)(C)C(C)(C)O2)cc1Cl.O=C(Nc1cc(Br)ccn1)C1CC1. The molecule has 4 N–H and O–H groups in total. The van der Waals surface area contributed by atoms with Crippen LogP contribution in [0.4, 0.5) is 21.2 Å². The lowest BCUT2D eigenvalue weighted by atomic mass is 9.79. The Kier molecular flexibility index (Phi) is 17.4. The fourth-order valence-corrected chi connectivity index (χ4v) is 6.80. The number of carbonyl (C=O) groups is 4. The van der Waals surface area contributed by atoms with Crippen LogP contribution >= 0.6 is 39.1 Å². The van der Waals surface area contributed by atoms with Crippen molar-refractivity contribution in [3.63, 3.8) is 0 Å². The first-order valence-electron chi connectivity index (χ1n) is 21.8. The number of halogens is 3. The number of carbonyl (C=O) groups excluding carboxylic acids is 4. The summed E-state index contributed by atoms with van der Waals surface area (Å²) in [7, 11) is -0.463. The van der Waals surface area contributed by atoms with Crippen molar-refractivity contribution in [1.29, 1.82) is 0 Å². The molecule has 4 amide bonds. The van der Waals surface area contributed by atoms with Crippen LogP contribution in [0, 0.1) is 11.8 Å². The Hall–Kier alpha value is -4.74. The molecule has 2 aliphatic carbocycles. The molecule has 3 heterocycles. The second-order valence-electron chi connectivity index (χ2n) is 19.3. The number of amides is 4. The molecule has 0 unspecified atom stereocenters. The molecule has 0 bridgehead atoms. The predicted octanol–water partition coefficient (Wildman–Crippen LogP) is 10.6. The molecule has 3 aliphatic rings. The molecule has 1 saturated heterocycles. The predicted molar refractivity (Wildman–Crippen MR) is 263 cm³/mol. The first-order valence-corrected chi connectivity index (χ1v) is 23.4. The number of benzene rings is 2. The molecule has 3 fully saturated rings. The zero-order chi connectivity index (χ0) is 48.6. The minimum absolute atomic E-state index is 0.0197. The molecule has 354 valence electrons. The van der Waals surface area contributed by atoms with E-state index in [2.05, 4.69) is 47.2 Å². The summed E-state index contributed by atoms with van der Waals surface area (Å²) in [5.74, 6) is 1.60. The minimum atomic E-state index is -0.550. The smallest absolute Gasteiger partial charge is 0.444 e. The van der Waals surface area contributed by atoms with Gasteiger partial charge in [-0.3, -0.25) is 9.59 Å². The van der Waals surface area contributed by atoms with Crippen LogP contribution in [0.5, 0.6) is 0 Å². The second kappa shape index (κ2) is 21.9. The molecule has 2 aromatic heterocycles. The highest BCUT2D eigenvalue weighted by Gasteiger charge is 2.51. The lowest BCUT2D eigenvalue weighted by Crippen LogP contribution is -2.41. The van der Waals surface area contributed by atoms with E-state index in [-0.39, 0.29) is 36.7 Å². The van der Waals surface area contributed by atoms with E-state index >= 15 is 0 Å². The summed E-state index contributed by atoms with van der Waals surface area (Å²) in [6.45, 7) is 19.5. The summed E-state index contributed by atoms with van der Waals surface area (Å²) in [4.78, 5) is 55.0. The maximum absolute atomic E-state index is 11.9. The summed E-state index contributed by atoms with van der Waals surface area (Å²) in [6.07, 6.45) is 6.27. The van der Waals surface area contributed by atoms with Crippen molar-refractivity contribution >= 4 is 87.3 Å². The first kappa shape index (κ1) is 52.2. The number of ether oxygens (including phenoxy) is 2. The monoisotopic (exact) mass is 1010 g/mol. The Labute approximate surface area is 406 Å². The quantitative estimate of drug-likeness (QED) is 0.112. The summed E-state index contributed by atoms with van der Waals surface area (Å²) < 4.78 is 23.4. The third kappa shape index (κ3) is 16.5. The van der Waals surface area contributed by atoms with Gasteiger partial charge in [-0.05, 0) is 159 Å². The van der Waals surface area contributed by atoms with Crippen LogP contribution in [-0.2, 0) is 41.5 Å². The van der Waals surface area contributed by atoms with Crippen molar-refractivity contribution in [3.05, 3.63) is 98.7 Å². The average Bonchev–Trinajstić information content (AvgIpc) is 4.13. The normalized spacial score (nSPS) is 16.0. The third-order valence-corrected chi connectivity index (χ3v) is 11.7. The van der Waals surface area contributed by atoms with Gasteiger partial charge in [-0.15, -0.1) is 0 Å². The van der Waals surface area contributed by atoms with Crippen LogP contribution in [0.15, 0.2) is 77.5 Å². The van der Waals surface area contributed by atoms with Crippen molar-refractivity contribution in [2.75, 3.05) is 10.6 Å². The van der Waals surface area contributed by atoms with Gasteiger partial charge in [0, 0.05) is 51.8 Å². The second-order valence-corrected chi connectivity index (χ2v) is 21.0.